The molecule has 0 atom stereocenters. The van der Waals surface area contributed by atoms with E-state index in [1.54, 1.807) is 46.1 Å². The van der Waals surface area contributed by atoms with Crippen molar-refractivity contribution in [3.63, 3.8) is 0 Å². The maximum absolute atomic E-state index is 12.4. The minimum absolute atomic E-state index is 0.0296. The summed E-state index contributed by atoms with van der Waals surface area (Å²) in [6, 6.07) is 5.82. The summed E-state index contributed by atoms with van der Waals surface area (Å²) >= 11 is 0. The first-order valence-electron chi connectivity index (χ1n) is 7.32. The zero-order chi connectivity index (χ0) is 17.5. The van der Waals surface area contributed by atoms with Crippen molar-refractivity contribution in [3.8, 4) is 0 Å². The maximum Gasteiger partial charge on any atom is 0.319 e. The molecular formula is C15H25N3O4S. The van der Waals surface area contributed by atoms with Crippen molar-refractivity contribution in [2.24, 2.45) is 0 Å². The Balaban J connectivity index is 2.84. The Hall–Kier alpha value is -1.64. The number of hydrogen-bond donors (Lipinski definition) is 3. The van der Waals surface area contributed by atoms with E-state index in [0.29, 0.717) is 19.6 Å². The second-order valence-corrected chi connectivity index (χ2v) is 7.73. The number of rotatable bonds is 7. The molecule has 23 heavy (non-hydrogen) atoms. The van der Waals surface area contributed by atoms with Gasteiger partial charge in [-0.05, 0) is 39.3 Å². The number of urea groups is 1. The molecule has 0 heterocycles. The number of sulfonamides is 1. The Bertz CT molecular complexity index is 624. The molecule has 8 heteroatoms. The first-order chi connectivity index (χ1) is 10.7. The highest BCUT2D eigenvalue weighted by Gasteiger charge is 2.24. The number of carbonyl (C=O) groups is 1. The van der Waals surface area contributed by atoms with E-state index >= 15 is 0 Å². The number of para-hydroxylation sites is 1. The highest BCUT2D eigenvalue weighted by molar-refractivity contribution is 7.89. The predicted octanol–water partition coefficient (Wildman–Crippen LogP) is 1.92. The largest absolute Gasteiger partial charge is 0.385 e. The Kier molecular flexibility index (Phi) is 6.99. The van der Waals surface area contributed by atoms with Gasteiger partial charge in [0, 0.05) is 25.8 Å². The molecule has 7 nitrogen and oxygen atoms in total. The van der Waals surface area contributed by atoms with Crippen LogP contribution < -0.4 is 15.4 Å². The Morgan fingerprint density at radius 1 is 1.22 bits per heavy atom. The standard InChI is InChI=1S/C15H25N3O4S/c1-15(2,3)18-23(20,21)13-9-6-5-8-12(13)17-14(19)16-10-7-11-22-4/h5-6,8-9,18H,7,10-11H2,1-4H3,(H2,16,17,19). The molecule has 0 radical (unpaired) electrons. The molecule has 1 aromatic carbocycles. The van der Waals surface area contributed by atoms with Crippen molar-refractivity contribution in [2.75, 3.05) is 25.6 Å². The molecule has 0 aliphatic rings. The molecule has 0 spiro atoms. The van der Waals surface area contributed by atoms with E-state index < -0.39 is 21.6 Å². The average molecular weight is 343 g/mol. The first-order valence-corrected chi connectivity index (χ1v) is 8.81. The highest BCUT2D eigenvalue weighted by Crippen LogP contribution is 2.22. The van der Waals surface area contributed by atoms with Gasteiger partial charge in [0.05, 0.1) is 5.69 Å². The van der Waals surface area contributed by atoms with Crippen LogP contribution in [0.3, 0.4) is 0 Å². The van der Waals surface area contributed by atoms with Gasteiger partial charge in [-0.3, -0.25) is 0 Å². The van der Waals surface area contributed by atoms with Gasteiger partial charge in [-0.15, -0.1) is 0 Å². The van der Waals surface area contributed by atoms with Crippen molar-refractivity contribution in [1.29, 1.82) is 0 Å². The van der Waals surface area contributed by atoms with Crippen LogP contribution in [0.1, 0.15) is 27.2 Å². The quantitative estimate of drug-likeness (QED) is 0.659. The number of amides is 2. The van der Waals surface area contributed by atoms with E-state index in [-0.39, 0.29) is 10.6 Å². The fourth-order valence-corrected chi connectivity index (χ4v) is 3.43. The molecule has 0 saturated heterocycles. The molecule has 0 aliphatic heterocycles. The van der Waals surface area contributed by atoms with Gasteiger partial charge < -0.3 is 15.4 Å². The molecule has 0 aromatic heterocycles. The van der Waals surface area contributed by atoms with Crippen molar-refractivity contribution in [2.45, 2.75) is 37.6 Å². The topological polar surface area (TPSA) is 96.5 Å². The number of anilines is 1. The molecule has 0 aliphatic carbocycles. The number of carbonyl (C=O) groups excluding carboxylic acids is 1. The zero-order valence-corrected chi connectivity index (χ0v) is 14.8. The molecule has 2 amide bonds. The van der Waals surface area contributed by atoms with Crippen LogP contribution in [0.15, 0.2) is 29.2 Å². The van der Waals surface area contributed by atoms with Crippen LogP contribution in [-0.4, -0.2) is 40.2 Å². The molecular weight excluding hydrogens is 318 g/mol. The lowest BCUT2D eigenvalue weighted by Gasteiger charge is -2.21. The van der Waals surface area contributed by atoms with Crippen LogP contribution in [0.4, 0.5) is 10.5 Å². The molecule has 0 unspecified atom stereocenters. The second-order valence-electron chi connectivity index (χ2n) is 6.08. The van der Waals surface area contributed by atoms with Crippen LogP contribution in [0.25, 0.3) is 0 Å². The summed E-state index contributed by atoms with van der Waals surface area (Å²) in [5.74, 6) is 0. The lowest BCUT2D eigenvalue weighted by atomic mass is 10.1. The highest BCUT2D eigenvalue weighted by atomic mass is 32.2. The molecule has 0 saturated carbocycles. The summed E-state index contributed by atoms with van der Waals surface area (Å²) < 4.78 is 32.4. The summed E-state index contributed by atoms with van der Waals surface area (Å²) in [5.41, 5.74) is -0.387. The molecule has 0 fully saturated rings. The normalized spacial score (nSPS) is 12.0. The number of benzene rings is 1. The summed E-state index contributed by atoms with van der Waals surface area (Å²) in [5, 5.41) is 5.22. The van der Waals surface area contributed by atoms with Gasteiger partial charge in [-0.1, -0.05) is 12.1 Å². The number of methoxy groups -OCH3 is 1. The summed E-state index contributed by atoms with van der Waals surface area (Å²) in [6.07, 6.45) is 0.676. The third-order valence-electron chi connectivity index (χ3n) is 2.68. The van der Waals surface area contributed by atoms with Gasteiger partial charge >= 0.3 is 6.03 Å². The lowest BCUT2D eigenvalue weighted by Crippen LogP contribution is -2.41. The monoisotopic (exact) mass is 343 g/mol. The van der Waals surface area contributed by atoms with Crippen molar-refractivity contribution < 1.29 is 17.9 Å². The lowest BCUT2D eigenvalue weighted by molar-refractivity contribution is 0.194. The molecule has 3 N–H and O–H groups in total. The number of nitrogens with one attached hydrogen (secondary N) is 3. The SMILES string of the molecule is COCCCNC(=O)Nc1ccccc1S(=O)(=O)NC(C)(C)C. The first kappa shape index (κ1) is 19.4. The number of ether oxygens (including phenoxy) is 1. The minimum Gasteiger partial charge on any atom is -0.385 e. The molecule has 1 rings (SSSR count). The summed E-state index contributed by atoms with van der Waals surface area (Å²) in [6.45, 7) is 6.24. The van der Waals surface area contributed by atoms with E-state index in [9.17, 15) is 13.2 Å². The van der Waals surface area contributed by atoms with Crippen LogP contribution in [-0.2, 0) is 14.8 Å². The summed E-state index contributed by atoms with van der Waals surface area (Å²) in [4.78, 5) is 11.9. The van der Waals surface area contributed by atoms with E-state index in [4.69, 9.17) is 4.74 Å². The van der Waals surface area contributed by atoms with E-state index in [2.05, 4.69) is 15.4 Å². The van der Waals surface area contributed by atoms with Gasteiger partial charge in [0.25, 0.3) is 0 Å². The van der Waals surface area contributed by atoms with Gasteiger partial charge in [-0.25, -0.2) is 17.9 Å². The summed E-state index contributed by atoms with van der Waals surface area (Å²) in [7, 11) is -2.15. The third kappa shape index (κ3) is 6.98. The molecule has 0 bridgehead atoms. The zero-order valence-electron chi connectivity index (χ0n) is 14.0. The molecule has 1 aromatic rings. The van der Waals surface area contributed by atoms with Crippen molar-refractivity contribution in [1.82, 2.24) is 10.0 Å². The number of hydrogen-bond acceptors (Lipinski definition) is 4. The van der Waals surface area contributed by atoms with Gasteiger partial charge in [0.15, 0.2) is 0 Å². The average Bonchev–Trinajstić information content (AvgIpc) is 2.41. The van der Waals surface area contributed by atoms with E-state index in [0.717, 1.165) is 0 Å². The van der Waals surface area contributed by atoms with E-state index in [1.807, 2.05) is 0 Å². The van der Waals surface area contributed by atoms with Gasteiger partial charge in [0.1, 0.15) is 4.90 Å². The maximum atomic E-state index is 12.4. The Morgan fingerprint density at radius 2 is 1.87 bits per heavy atom. The predicted molar refractivity (Wildman–Crippen MR) is 90.0 cm³/mol. The fourth-order valence-electron chi connectivity index (χ4n) is 1.85. The van der Waals surface area contributed by atoms with Crippen LogP contribution >= 0.6 is 0 Å². The second kappa shape index (κ2) is 8.28. The van der Waals surface area contributed by atoms with Gasteiger partial charge in [0.2, 0.25) is 10.0 Å². The van der Waals surface area contributed by atoms with Crippen LogP contribution in [0, 0.1) is 0 Å². The van der Waals surface area contributed by atoms with E-state index in [1.165, 1.54) is 6.07 Å². The third-order valence-corrected chi connectivity index (χ3v) is 4.49. The fraction of sp³-hybridized carbons (Fsp3) is 0.533. The van der Waals surface area contributed by atoms with Crippen molar-refractivity contribution >= 4 is 21.7 Å². The van der Waals surface area contributed by atoms with Crippen LogP contribution in [0.2, 0.25) is 0 Å². The molecule has 130 valence electrons. The Labute approximate surface area is 137 Å². The Morgan fingerprint density at radius 3 is 2.48 bits per heavy atom. The minimum atomic E-state index is -3.74. The van der Waals surface area contributed by atoms with Crippen molar-refractivity contribution in [3.05, 3.63) is 24.3 Å². The van der Waals surface area contributed by atoms with Gasteiger partial charge in [-0.2, -0.15) is 0 Å². The van der Waals surface area contributed by atoms with Crippen LogP contribution in [0.5, 0.6) is 0 Å². The smallest absolute Gasteiger partial charge is 0.319 e.